The highest BCUT2D eigenvalue weighted by molar-refractivity contribution is 5.78. The minimum Gasteiger partial charge on any atom is -0.395 e. The molecule has 0 bridgehead atoms. The molecule has 5 heteroatoms. The van der Waals surface area contributed by atoms with Crippen molar-refractivity contribution in [2.24, 2.45) is 5.92 Å². The van der Waals surface area contributed by atoms with E-state index in [1.807, 2.05) is 47.1 Å². The van der Waals surface area contributed by atoms with Crippen molar-refractivity contribution in [3.8, 4) is 0 Å². The van der Waals surface area contributed by atoms with E-state index in [9.17, 15) is 9.90 Å². The Morgan fingerprint density at radius 2 is 1.92 bits per heavy atom. The van der Waals surface area contributed by atoms with Crippen molar-refractivity contribution in [3.05, 3.63) is 35.9 Å². The van der Waals surface area contributed by atoms with Gasteiger partial charge in [0.15, 0.2) is 0 Å². The fraction of sp³-hybridized carbons (Fsp3) is 0.632. The summed E-state index contributed by atoms with van der Waals surface area (Å²) in [5.74, 6) is 0.542. The summed E-state index contributed by atoms with van der Waals surface area (Å²) in [5, 5.41) is 9.46. The van der Waals surface area contributed by atoms with E-state index in [1.165, 1.54) is 0 Å². The summed E-state index contributed by atoms with van der Waals surface area (Å²) in [6.45, 7) is 9.12. The van der Waals surface area contributed by atoms with Crippen LogP contribution in [0.1, 0.15) is 26.3 Å². The van der Waals surface area contributed by atoms with Gasteiger partial charge in [0.2, 0.25) is 5.91 Å². The lowest BCUT2D eigenvalue weighted by Crippen LogP contribution is -2.43. The fourth-order valence-electron chi connectivity index (χ4n) is 2.97. The highest BCUT2D eigenvalue weighted by Crippen LogP contribution is 2.14. The van der Waals surface area contributed by atoms with Crippen LogP contribution in [-0.4, -0.2) is 65.7 Å². The zero-order valence-electron chi connectivity index (χ0n) is 15.0. The number of carbonyl (C=O) groups is 1. The molecule has 1 saturated heterocycles. The normalized spacial score (nSPS) is 21.1. The van der Waals surface area contributed by atoms with Crippen LogP contribution in [0.25, 0.3) is 0 Å². The number of amides is 1. The second kappa shape index (κ2) is 9.16. The van der Waals surface area contributed by atoms with Crippen molar-refractivity contribution < 1.29 is 14.6 Å². The molecule has 1 aliphatic rings. The van der Waals surface area contributed by atoms with Crippen molar-refractivity contribution in [1.29, 1.82) is 0 Å². The first-order valence-corrected chi connectivity index (χ1v) is 8.77. The Balaban J connectivity index is 2.05. The summed E-state index contributed by atoms with van der Waals surface area (Å²) in [6.07, 6.45) is -0.0515. The molecule has 5 nitrogen and oxygen atoms in total. The number of hydrogen-bond donors (Lipinski definition) is 1. The second-order valence-corrected chi connectivity index (χ2v) is 7.07. The molecule has 0 aliphatic carbocycles. The summed E-state index contributed by atoms with van der Waals surface area (Å²) in [7, 11) is 0. The number of ether oxygens (including phenoxy) is 1. The van der Waals surface area contributed by atoms with E-state index in [2.05, 4.69) is 13.8 Å². The van der Waals surface area contributed by atoms with Gasteiger partial charge in [0.1, 0.15) is 0 Å². The maximum Gasteiger partial charge on any atom is 0.236 e. The Morgan fingerprint density at radius 1 is 1.21 bits per heavy atom. The maximum atomic E-state index is 12.5. The summed E-state index contributed by atoms with van der Waals surface area (Å²) in [5.41, 5.74) is 1.13. The Kier molecular flexibility index (Phi) is 7.21. The van der Waals surface area contributed by atoms with Crippen molar-refractivity contribution in [2.45, 2.75) is 39.5 Å². The summed E-state index contributed by atoms with van der Waals surface area (Å²) >= 11 is 0. The average Bonchev–Trinajstić information content (AvgIpc) is 2.72. The summed E-state index contributed by atoms with van der Waals surface area (Å²) in [6, 6.07) is 10.0. The van der Waals surface area contributed by atoms with Gasteiger partial charge in [0.25, 0.3) is 0 Å². The Bertz CT molecular complexity index is 507. The van der Waals surface area contributed by atoms with Crippen LogP contribution in [0.2, 0.25) is 0 Å². The van der Waals surface area contributed by atoms with E-state index < -0.39 is 0 Å². The second-order valence-electron chi connectivity index (χ2n) is 7.07. The summed E-state index contributed by atoms with van der Waals surface area (Å²) in [4.78, 5) is 16.5. The van der Waals surface area contributed by atoms with E-state index in [4.69, 9.17) is 4.74 Å². The first-order chi connectivity index (χ1) is 11.5. The van der Waals surface area contributed by atoms with Crippen LogP contribution in [0.5, 0.6) is 0 Å². The molecule has 0 saturated carbocycles. The van der Waals surface area contributed by atoms with Crippen LogP contribution in [0.3, 0.4) is 0 Å². The van der Waals surface area contributed by atoms with Gasteiger partial charge in [-0.2, -0.15) is 0 Å². The van der Waals surface area contributed by atoms with Crippen molar-refractivity contribution in [3.63, 3.8) is 0 Å². The van der Waals surface area contributed by atoms with Crippen LogP contribution in [0, 0.1) is 5.92 Å². The van der Waals surface area contributed by atoms with Crippen molar-refractivity contribution >= 4 is 5.91 Å². The molecule has 0 aromatic heterocycles. The largest absolute Gasteiger partial charge is 0.395 e. The molecule has 1 amide bonds. The summed E-state index contributed by atoms with van der Waals surface area (Å²) < 4.78 is 6.12. The highest BCUT2D eigenvalue weighted by atomic mass is 16.5. The number of aliphatic hydroxyl groups is 1. The molecule has 1 heterocycles. The van der Waals surface area contributed by atoms with Gasteiger partial charge >= 0.3 is 0 Å². The first kappa shape index (κ1) is 18.9. The lowest BCUT2D eigenvalue weighted by Gasteiger charge is -2.27. The standard InChI is InChI=1S/C19H30N2O3/c1-15(2)9-21-11-18(24-14-17-7-5-4-6-8-17)10-20(12-19(21)23)16(3)13-22/h4-8,15-16,18,22H,9-14H2,1-3H3. The van der Waals surface area contributed by atoms with Crippen LogP contribution in [-0.2, 0) is 16.1 Å². The number of nitrogens with zero attached hydrogens (tertiary/aromatic N) is 2. The van der Waals surface area contributed by atoms with Gasteiger partial charge in [-0.15, -0.1) is 0 Å². The highest BCUT2D eigenvalue weighted by Gasteiger charge is 2.30. The zero-order chi connectivity index (χ0) is 17.5. The third-order valence-electron chi connectivity index (χ3n) is 4.35. The lowest BCUT2D eigenvalue weighted by atomic mass is 10.2. The van der Waals surface area contributed by atoms with Gasteiger partial charge in [0.05, 0.1) is 25.9 Å². The fourth-order valence-corrected chi connectivity index (χ4v) is 2.97. The minimum atomic E-state index is -0.0515. The molecule has 0 spiro atoms. The first-order valence-electron chi connectivity index (χ1n) is 8.77. The SMILES string of the molecule is CC(C)CN1CC(OCc2ccccc2)CN(C(C)CO)CC1=O. The van der Waals surface area contributed by atoms with E-state index in [-0.39, 0.29) is 24.7 Å². The van der Waals surface area contributed by atoms with Gasteiger partial charge in [-0.25, -0.2) is 0 Å². The number of aliphatic hydroxyl groups excluding tert-OH is 1. The molecule has 1 aliphatic heterocycles. The number of benzene rings is 1. The van der Waals surface area contributed by atoms with Crippen LogP contribution in [0.15, 0.2) is 30.3 Å². The van der Waals surface area contributed by atoms with E-state index in [0.29, 0.717) is 32.2 Å². The quantitative estimate of drug-likeness (QED) is 0.825. The van der Waals surface area contributed by atoms with Gasteiger partial charge < -0.3 is 14.7 Å². The number of rotatable bonds is 7. The number of carbonyl (C=O) groups excluding carboxylic acids is 1. The van der Waals surface area contributed by atoms with E-state index in [1.54, 1.807) is 0 Å². The maximum absolute atomic E-state index is 12.5. The van der Waals surface area contributed by atoms with Gasteiger partial charge in [0, 0.05) is 25.7 Å². The predicted molar refractivity (Wildman–Crippen MR) is 94.6 cm³/mol. The Morgan fingerprint density at radius 3 is 2.54 bits per heavy atom. The molecule has 1 N–H and O–H groups in total. The predicted octanol–water partition coefficient (Wildman–Crippen LogP) is 1.75. The molecule has 2 rings (SSSR count). The Hall–Kier alpha value is -1.43. The molecule has 134 valence electrons. The average molecular weight is 334 g/mol. The molecule has 1 aromatic rings. The molecule has 2 atom stereocenters. The van der Waals surface area contributed by atoms with Crippen LogP contribution in [0.4, 0.5) is 0 Å². The molecular weight excluding hydrogens is 304 g/mol. The molecule has 0 radical (unpaired) electrons. The van der Waals surface area contributed by atoms with Crippen molar-refractivity contribution in [1.82, 2.24) is 9.80 Å². The minimum absolute atomic E-state index is 0.0445. The monoisotopic (exact) mass is 334 g/mol. The molecule has 1 fully saturated rings. The van der Waals surface area contributed by atoms with Crippen LogP contribution < -0.4 is 0 Å². The van der Waals surface area contributed by atoms with Crippen LogP contribution >= 0.6 is 0 Å². The smallest absolute Gasteiger partial charge is 0.236 e. The molecular formula is C19H30N2O3. The topological polar surface area (TPSA) is 53.0 Å². The van der Waals surface area contributed by atoms with Gasteiger partial charge in [-0.3, -0.25) is 9.69 Å². The zero-order valence-corrected chi connectivity index (χ0v) is 15.0. The van der Waals surface area contributed by atoms with E-state index >= 15 is 0 Å². The molecule has 1 aromatic carbocycles. The van der Waals surface area contributed by atoms with Gasteiger partial charge in [-0.05, 0) is 18.4 Å². The van der Waals surface area contributed by atoms with Gasteiger partial charge in [-0.1, -0.05) is 44.2 Å². The van der Waals surface area contributed by atoms with E-state index in [0.717, 1.165) is 12.1 Å². The Labute approximate surface area is 145 Å². The number of hydrogen-bond acceptors (Lipinski definition) is 4. The molecule has 2 unspecified atom stereocenters. The van der Waals surface area contributed by atoms with Crippen molar-refractivity contribution in [2.75, 3.05) is 32.8 Å². The third kappa shape index (κ3) is 5.58. The molecule has 24 heavy (non-hydrogen) atoms. The lowest BCUT2D eigenvalue weighted by molar-refractivity contribution is -0.132. The third-order valence-corrected chi connectivity index (χ3v) is 4.35.